The van der Waals surface area contributed by atoms with Crippen LogP contribution in [0.3, 0.4) is 0 Å². The number of allylic oxidation sites excluding steroid dienone is 24. The summed E-state index contributed by atoms with van der Waals surface area (Å²) in [4.78, 5) is 38.3. The van der Waals surface area contributed by atoms with Crippen LogP contribution in [0.2, 0.25) is 0 Å². The third-order valence-corrected chi connectivity index (χ3v) is 20.3. The molecule has 0 bridgehead atoms. The second-order valence-corrected chi connectivity index (χ2v) is 32.3. The summed E-state index contributed by atoms with van der Waals surface area (Å²) in [6, 6.07) is 0. The van der Waals surface area contributed by atoms with E-state index in [0.29, 0.717) is 17.4 Å². The van der Waals surface area contributed by atoms with Crippen LogP contribution in [0.1, 0.15) is 399 Å². The number of hydrogen-bond acceptors (Lipinski definition) is 8. The van der Waals surface area contributed by atoms with Gasteiger partial charge in [0.25, 0.3) is 7.82 Å². The number of rotatable bonds is 82. The summed E-state index contributed by atoms with van der Waals surface area (Å²) >= 11 is 0. The standard InChI is InChI=1S/C96H168NO8P/c1-6-8-10-12-14-16-18-20-22-24-26-28-30-32-34-36-38-40-42-44-46-48-50-52-54-56-58-60-62-64-66-68-70-72-74-76-78-80-82-84-86-88-95(98)102-92-94(93-104-106(100,101)103-91-90-97(3,4)5)105-96(99)89-87-85-83-81-79-77-75-73-71-69-67-65-63-61-59-57-55-53-51-49-47-45-43-41-39-37-35-33-31-29-27-25-23-21-19-17-15-13-11-9-7-2/h9,11,15,17-18,20-21,23-24,26-27,29-30,32-33,35,39,41,45,47,51,53,57,59,94H,6-8,10,12-14,16,19,22,25,28,31,34,36-38,40,42-44,46,48-50,52,54-56,58,60-93H2,1-5H3/b11-9-,17-15-,20-18-,23-21-,26-24-,29-27-,32-30-,35-33-,41-39-,47-45-,53-51-,59-57-. The minimum Gasteiger partial charge on any atom is -0.756 e. The fourth-order valence-corrected chi connectivity index (χ4v) is 13.3. The van der Waals surface area contributed by atoms with Gasteiger partial charge in [0.05, 0.1) is 27.7 Å². The smallest absolute Gasteiger partial charge is 0.306 e. The highest BCUT2D eigenvalue weighted by Crippen LogP contribution is 2.38. The quantitative estimate of drug-likeness (QED) is 0.0195. The molecule has 0 amide bonds. The average Bonchev–Trinajstić information content (AvgIpc) is 0.908. The van der Waals surface area contributed by atoms with Gasteiger partial charge in [-0.3, -0.25) is 14.2 Å². The zero-order valence-electron chi connectivity index (χ0n) is 69.8. The highest BCUT2D eigenvalue weighted by Gasteiger charge is 2.22. The lowest BCUT2D eigenvalue weighted by Crippen LogP contribution is -2.37. The molecule has 0 heterocycles. The van der Waals surface area contributed by atoms with Crippen LogP contribution in [0, 0.1) is 0 Å². The molecule has 0 radical (unpaired) electrons. The van der Waals surface area contributed by atoms with Crippen molar-refractivity contribution < 1.29 is 42.1 Å². The van der Waals surface area contributed by atoms with Crippen molar-refractivity contribution in [2.45, 2.75) is 405 Å². The van der Waals surface area contributed by atoms with Crippen molar-refractivity contribution in [1.82, 2.24) is 0 Å². The fourth-order valence-electron chi connectivity index (χ4n) is 12.6. The van der Waals surface area contributed by atoms with Crippen LogP contribution >= 0.6 is 7.82 Å². The van der Waals surface area contributed by atoms with Crippen LogP contribution in [0.4, 0.5) is 0 Å². The van der Waals surface area contributed by atoms with Gasteiger partial charge in [-0.25, -0.2) is 0 Å². The van der Waals surface area contributed by atoms with E-state index >= 15 is 0 Å². The Bertz CT molecular complexity index is 2310. The Hall–Kier alpha value is -4.11. The number of carbonyl (C=O) groups excluding carboxylic acids is 2. The number of likely N-dealkylation sites (N-methyl/N-ethyl adjacent to an activating group) is 1. The molecule has 0 aliphatic carbocycles. The van der Waals surface area contributed by atoms with Crippen LogP contribution in [-0.2, 0) is 32.7 Å². The van der Waals surface area contributed by atoms with Crippen molar-refractivity contribution in [1.29, 1.82) is 0 Å². The molecular formula is C96H168NO8P. The van der Waals surface area contributed by atoms with Gasteiger partial charge in [-0.15, -0.1) is 0 Å². The summed E-state index contributed by atoms with van der Waals surface area (Å²) in [5, 5.41) is 0. The highest BCUT2D eigenvalue weighted by atomic mass is 31.2. The fraction of sp³-hybridized carbons (Fsp3) is 0.729. The molecular weight excluding hydrogens is 1330 g/mol. The normalized spacial score (nSPS) is 13.7. The van der Waals surface area contributed by atoms with Gasteiger partial charge in [0.15, 0.2) is 6.10 Å². The lowest BCUT2D eigenvalue weighted by molar-refractivity contribution is -0.870. The van der Waals surface area contributed by atoms with Gasteiger partial charge in [0.1, 0.15) is 19.8 Å². The zero-order chi connectivity index (χ0) is 76.8. The number of phosphoric ester groups is 1. The lowest BCUT2D eigenvalue weighted by Gasteiger charge is -2.28. The van der Waals surface area contributed by atoms with Crippen molar-refractivity contribution in [2.24, 2.45) is 0 Å². The van der Waals surface area contributed by atoms with E-state index in [1.54, 1.807) is 0 Å². The van der Waals surface area contributed by atoms with Crippen LogP contribution in [-0.4, -0.2) is 70.0 Å². The van der Waals surface area contributed by atoms with E-state index in [9.17, 15) is 19.0 Å². The number of quaternary nitrogens is 1. The van der Waals surface area contributed by atoms with E-state index in [0.717, 1.165) is 109 Å². The molecule has 0 aliphatic rings. The van der Waals surface area contributed by atoms with Crippen molar-refractivity contribution in [2.75, 3.05) is 47.5 Å². The van der Waals surface area contributed by atoms with Gasteiger partial charge < -0.3 is 27.9 Å². The summed E-state index contributed by atoms with van der Waals surface area (Å²) < 4.78 is 34.5. The Labute approximate surface area is 656 Å². The molecule has 0 rings (SSSR count). The number of ether oxygens (including phenoxy) is 2. The second kappa shape index (κ2) is 84.9. The van der Waals surface area contributed by atoms with Crippen molar-refractivity contribution in [3.63, 3.8) is 0 Å². The maximum Gasteiger partial charge on any atom is 0.306 e. The van der Waals surface area contributed by atoms with Gasteiger partial charge in [0.2, 0.25) is 0 Å². The SMILES string of the molecule is CC/C=C\C/C=C\C/C=C\C/C=C\C/C=C\C/C=C\C/C=C\C/C=C\C/C=C\CCCCCCCCCCCCCCCC(=O)OC(COC(=O)CCCCCCCCCCCCCCCCCCCCCCCCCCCC/C=C\C/C=C\C/C=C\CCCCCCC)COP(=O)([O-])OCC[N+](C)(C)C. The Kier molecular flexibility index (Phi) is 81.6. The van der Waals surface area contributed by atoms with E-state index in [-0.39, 0.29) is 32.0 Å². The Balaban J connectivity index is 3.93. The largest absolute Gasteiger partial charge is 0.756 e. The average molecular weight is 1500 g/mol. The first-order valence-corrected chi connectivity index (χ1v) is 46.0. The number of esters is 2. The molecule has 0 aromatic heterocycles. The molecule has 0 aliphatic heterocycles. The Morgan fingerprint density at radius 1 is 0.302 bits per heavy atom. The van der Waals surface area contributed by atoms with Crippen LogP contribution < -0.4 is 4.89 Å². The van der Waals surface area contributed by atoms with Crippen molar-refractivity contribution >= 4 is 19.8 Å². The number of phosphoric acid groups is 1. The third kappa shape index (κ3) is 88.8. The minimum absolute atomic E-state index is 0.0340. The van der Waals surface area contributed by atoms with Gasteiger partial charge in [0, 0.05) is 12.8 Å². The van der Waals surface area contributed by atoms with Crippen LogP contribution in [0.25, 0.3) is 0 Å². The van der Waals surface area contributed by atoms with Crippen LogP contribution in [0.5, 0.6) is 0 Å². The monoisotopic (exact) mass is 1490 g/mol. The van der Waals surface area contributed by atoms with Gasteiger partial charge in [-0.1, -0.05) is 410 Å². The molecule has 0 saturated carbocycles. The van der Waals surface area contributed by atoms with Gasteiger partial charge >= 0.3 is 11.9 Å². The van der Waals surface area contributed by atoms with E-state index in [1.165, 1.54) is 257 Å². The van der Waals surface area contributed by atoms with E-state index in [4.69, 9.17) is 18.5 Å². The predicted molar refractivity (Wildman–Crippen MR) is 461 cm³/mol. The number of hydrogen-bond donors (Lipinski definition) is 0. The second-order valence-electron chi connectivity index (χ2n) is 30.9. The maximum atomic E-state index is 12.9. The summed E-state index contributed by atoms with van der Waals surface area (Å²) in [6.45, 7) is 4.15. The first-order valence-electron chi connectivity index (χ1n) is 44.5. The van der Waals surface area contributed by atoms with E-state index < -0.39 is 26.5 Å². The third-order valence-electron chi connectivity index (χ3n) is 19.3. The Morgan fingerprint density at radius 3 is 0.802 bits per heavy atom. The van der Waals surface area contributed by atoms with Gasteiger partial charge in [-0.05, 0) is 122 Å². The molecule has 106 heavy (non-hydrogen) atoms. The molecule has 610 valence electrons. The topological polar surface area (TPSA) is 111 Å². The Morgan fingerprint density at radius 2 is 0.538 bits per heavy atom. The summed E-state index contributed by atoms with van der Waals surface area (Å²) in [6.07, 6.45) is 126. The van der Waals surface area contributed by atoms with Crippen LogP contribution in [0.15, 0.2) is 146 Å². The molecule has 0 aromatic carbocycles. The van der Waals surface area contributed by atoms with Crippen molar-refractivity contribution in [3.8, 4) is 0 Å². The zero-order valence-corrected chi connectivity index (χ0v) is 70.7. The molecule has 10 heteroatoms. The molecule has 0 saturated heterocycles. The van der Waals surface area contributed by atoms with E-state index in [2.05, 4.69) is 160 Å². The number of nitrogens with zero attached hydrogens (tertiary/aromatic N) is 1. The molecule has 0 N–H and O–H groups in total. The summed E-state index contributed by atoms with van der Waals surface area (Å²) in [5.74, 6) is -0.823. The first-order chi connectivity index (χ1) is 52.0. The highest BCUT2D eigenvalue weighted by molar-refractivity contribution is 7.45. The first kappa shape index (κ1) is 102. The molecule has 0 aromatic rings. The summed E-state index contributed by atoms with van der Waals surface area (Å²) in [7, 11) is 1.17. The molecule has 2 atom stereocenters. The molecule has 2 unspecified atom stereocenters. The summed E-state index contributed by atoms with van der Waals surface area (Å²) in [5.41, 5.74) is 0. The number of unbranched alkanes of at least 4 members (excludes halogenated alkanes) is 44. The number of carbonyl (C=O) groups is 2. The minimum atomic E-state index is -4.65. The van der Waals surface area contributed by atoms with Crippen molar-refractivity contribution in [3.05, 3.63) is 146 Å². The molecule has 0 spiro atoms. The molecule has 9 nitrogen and oxygen atoms in total. The van der Waals surface area contributed by atoms with Gasteiger partial charge in [-0.2, -0.15) is 0 Å². The van der Waals surface area contributed by atoms with E-state index in [1.807, 2.05) is 21.1 Å². The lowest BCUT2D eigenvalue weighted by atomic mass is 10.0. The molecule has 0 fully saturated rings. The maximum absolute atomic E-state index is 12.9. The predicted octanol–water partition coefficient (Wildman–Crippen LogP) is 29.8.